The van der Waals surface area contributed by atoms with E-state index in [1.807, 2.05) is 47.8 Å². The van der Waals surface area contributed by atoms with Gasteiger partial charge in [-0.3, -0.25) is 4.79 Å². The Morgan fingerprint density at radius 2 is 1.93 bits per heavy atom. The molecule has 0 saturated carbocycles. The zero-order valence-corrected chi connectivity index (χ0v) is 16.0. The minimum absolute atomic E-state index is 0.151. The van der Waals surface area contributed by atoms with Gasteiger partial charge in [-0.05, 0) is 38.4 Å². The van der Waals surface area contributed by atoms with Crippen LogP contribution in [0.15, 0.2) is 42.5 Å². The van der Waals surface area contributed by atoms with Gasteiger partial charge in [0.1, 0.15) is 23.9 Å². The number of aromatic nitrogens is 2. The molecule has 3 aromatic rings. The van der Waals surface area contributed by atoms with E-state index < -0.39 is 0 Å². The fourth-order valence-corrected chi connectivity index (χ4v) is 2.94. The molecule has 27 heavy (non-hydrogen) atoms. The predicted molar refractivity (Wildman–Crippen MR) is 105 cm³/mol. The summed E-state index contributed by atoms with van der Waals surface area (Å²) < 4.78 is 12.5. The van der Waals surface area contributed by atoms with E-state index in [0.717, 1.165) is 16.9 Å². The smallest absolute Gasteiger partial charge is 0.244 e. The van der Waals surface area contributed by atoms with E-state index in [2.05, 4.69) is 10.3 Å². The summed E-state index contributed by atoms with van der Waals surface area (Å²) in [4.78, 5) is 19.4. The number of nitrogens with zero attached hydrogens (tertiary/aromatic N) is 3. The molecule has 2 aromatic carbocycles. The third kappa shape index (κ3) is 4.20. The maximum absolute atomic E-state index is 12.7. The number of fused-ring (bicyclic) bond motifs is 1. The maximum atomic E-state index is 12.7. The number of para-hydroxylation sites is 2. The van der Waals surface area contributed by atoms with Crippen molar-refractivity contribution in [2.75, 3.05) is 33.6 Å². The Morgan fingerprint density at radius 1 is 1.15 bits per heavy atom. The molecule has 1 aromatic heterocycles. The Balaban J connectivity index is 1.86. The van der Waals surface area contributed by atoms with E-state index in [1.165, 1.54) is 0 Å². The lowest BCUT2D eigenvalue weighted by Gasteiger charge is -2.14. The maximum Gasteiger partial charge on any atom is 0.244 e. The molecule has 0 spiro atoms. The molecule has 1 N–H and O–H groups in total. The number of nitrogens with one attached hydrogen (secondary N) is 1. The summed E-state index contributed by atoms with van der Waals surface area (Å²) >= 11 is 0. The van der Waals surface area contributed by atoms with Crippen LogP contribution in [0.2, 0.25) is 0 Å². The number of anilines is 1. The van der Waals surface area contributed by atoms with E-state index in [4.69, 9.17) is 9.47 Å². The van der Waals surface area contributed by atoms with E-state index >= 15 is 0 Å². The van der Waals surface area contributed by atoms with Crippen molar-refractivity contribution in [3.63, 3.8) is 0 Å². The summed E-state index contributed by atoms with van der Waals surface area (Å²) in [7, 11) is 7.10. The molecule has 1 heterocycles. The van der Waals surface area contributed by atoms with Crippen LogP contribution in [0.5, 0.6) is 11.5 Å². The number of hydrogen-bond acceptors (Lipinski definition) is 5. The van der Waals surface area contributed by atoms with Crippen LogP contribution in [0, 0.1) is 0 Å². The molecule has 1 amide bonds. The summed E-state index contributed by atoms with van der Waals surface area (Å²) in [6.45, 7) is 0.812. The third-order valence-corrected chi connectivity index (χ3v) is 4.18. The number of amides is 1. The summed E-state index contributed by atoms with van der Waals surface area (Å²) in [6, 6.07) is 13.1. The molecule has 0 fully saturated rings. The van der Waals surface area contributed by atoms with Crippen LogP contribution in [0.25, 0.3) is 11.0 Å². The number of methoxy groups -OCH3 is 2. The molecule has 0 unspecified atom stereocenters. The van der Waals surface area contributed by atoms with Crippen molar-refractivity contribution in [3.8, 4) is 11.5 Å². The molecule has 142 valence electrons. The highest BCUT2D eigenvalue weighted by Gasteiger charge is 2.15. The fraction of sp³-hybridized carbons (Fsp3) is 0.300. The fourth-order valence-electron chi connectivity index (χ4n) is 2.94. The van der Waals surface area contributed by atoms with Gasteiger partial charge < -0.3 is 24.3 Å². The van der Waals surface area contributed by atoms with Crippen LogP contribution in [0.4, 0.5) is 5.69 Å². The molecule has 0 saturated heterocycles. The van der Waals surface area contributed by atoms with Gasteiger partial charge in [0.15, 0.2) is 0 Å². The standard InChI is InChI=1S/C20H24N4O3/c1-23(2)12-19-21-15-7-5-6-8-17(15)24(19)13-20(25)22-16-10-9-14(26-3)11-18(16)27-4/h5-11H,12-13H2,1-4H3,(H,22,25). The molecule has 0 atom stereocenters. The van der Waals surface area contributed by atoms with Crippen LogP contribution in [-0.4, -0.2) is 48.7 Å². The van der Waals surface area contributed by atoms with Crippen molar-refractivity contribution in [2.45, 2.75) is 13.1 Å². The normalized spacial score (nSPS) is 11.0. The number of rotatable bonds is 7. The number of hydrogen-bond donors (Lipinski definition) is 1. The van der Waals surface area contributed by atoms with Gasteiger partial charge in [-0.15, -0.1) is 0 Å². The van der Waals surface area contributed by atoms with Crippen molar-refractivity contribution in [3.05, 3.63) is 48.3 Å². The van der Waals surface area contributed by atoms with E-state index in [0.29, 0.717) is 23.7 Å². The lowest BCUT2D eigenvalue weighted by molar-refractivity contribution is -0.116. The Hall–Kier alpha value is -3.06. The van der Waals surface area contributed by atoms with E-state index in [-0.39, 0.29) is 12.5 Å². The highest BCUT2D eigenvalue weighted by atomic mass is 16.5. The van der Waals surface area contributed by atoms with Gasteiger partial charge >= 0.3 is 0 Å². The van der Waals surface area contributed by atoms with Crippen LogP contribution in [0.1, 0.15) is 5.82 Å². The molecule has 0 aliphatic rings. The second-order valence-electron chi connectivity index (χ2n) is 6.46. The SMILES string of the molecule is COc1ccc(NC(=O)Cn2c(CN(C)C)nc3ccccc32)c(OC)c1. The first-order chi connectivity index (χ1) is 13.0. The lowest BCUT2D eigenvalue weighted by atomic mass is 10.2. The van der Waals surface area contributed by atoms with Gasteiger partial charge in [-0.2, -0.15) is 0 Å². The summed E-state index contributed by atoms with van der Waals surface area (Å²) in [5.41, 5.74) is 2.41. The summed E-state index contributed by atoms with van der Waals surface area (Å²) in [5, 5.41) is 2.91. The van der Waals surface area contributed by atoms with Gasteiger partial charge in [0.05, 0.1) is 37.5 Å². The molecule has 0 aliphatic heterocycles. The molecular formula is C20H24N4O3. The first kappa shape index (κ1) is 18.7. The van der Waals surface area contributed by atoms with Gasteiger partial charge in [-0.25, -0.2) is 4.98 Å². The first-order valence-electron chi connectivity index (χ1n) is 8.62. The van der Waals surface area contributed by atoms with Gasteiger partial charge in [0, 0.05) is 6.07 Å². The van der Waals surface area contributed by atoms with Crippen molar-refractivity contribution in [2.24, 2.45) is 0 Å². The van der Waals surface area contributed by atoms with Crippen molar-refractivity contribution in [1.29, 1.82) is 0 Å². The van der Waals surface area contributed by atoms with Crippen LogP contribution < -0.4 is 14.8 Å². The Labute approximate surface area is 158 Å². The van der Waals surface area contributed by atoms with Crippen LogP contribution in [-0.2, 0) is 17.9 Å². The number of imidazole rings is 1. The monoisotopic (exact) mass is 368 g/mol. The van der Waals surface area contributed by atoms with Crippen LogP contribution >= 0.6 is 0 Å². The minimum atomic E-state index is -0.151. The van der Waals surface area contributed by atoms with E-state index in [9.17, 15) is 4.79 Å². The van der Waals surface area contributed by atoms with Gasteiger partial charge in [0.2, 0.25) is 5.91 Å². The molecule has 7 nitrogen and oxygen atoms in total. The molecule has 0 aliphatic carbocycles. The Morgan fingerprint density at radius 3 is 2.63 bits per heavy atom. The zero-order valence-electron chi connectivity index (χ0n) is 16.0. The van der Waals surface area contributed by atoms with Gasteiger partial charge in [0.25, 0.3) is 0 Å². The largest absolute Gasteiger partial charge is 0.497 e. The molecular weight excluding hydrogens is 344 g/mol. The highest BCUT2D eigenvalue weighted by Crippen LogP contribution is 2.29. The number of carbonyl (C=O) groups excluding carboxylic acids is 1. The second-order valence-corrected chi connectivity index (χ2v) is 6.46. The number of carbonyl (C=O) groups is 1. The minimum Gasteiger partial charge on any atom is -0.497 e. The predicted octanol–water partition coefficient (Wildman–Crippen LogP) is 2.75. The Kier molecular flexibility index (Phi) is 5.61. The number of benzene rings is 2. The van der Waals surface area contributed by atoms with Crippen molar-refractivity contribution < 1.29 is 14.3 Å². The second kappa shape index (κ2) is 8.09. The Bertz CT molecular complexity index is 950. The van der Waals surface area contributed by atoms with Crippen molar-refractivity contribution in [1.82, 2.24) is 14.5 Å². The molecule has 3 rings (SSSR count). The molecule has 7 heteroatoms. The summed E-state index contributed by atoms with van der Waals surface area (Å²) in [6.07, 6.45) is 0. The topological polar surface area (TPSA) is 68.6 Å². The van der Waals surface area contributed by atoms with E-state index in [1.54, 1.807) is 32.4 Å². The lowest BCUT2D eigenvalue weighted by Crippen LogP contribution is -2.22. The molecule has 0 radical (unpaired) electrons. The average Bonchev–Trinajstić information content (AvgIpc) is 2.98. The zero-order chi connectivity index (χ0) is 19.4. The highest BCUT2D eigenvalue weighted by molar-refractivity contribution is 5.93. The van der Waals surface area contributed by atoms with Crippen LogP contribution in [0.3, 0.4) is 0 Å². The first-order valence-corrected chi connectivity index (χ1v) is 8.62. The van der Waals surface area contributed by atoms with Crippen molar-refractivity contribution >= 4 is 22.6 Å². The summed E-state index contributed by atoms with van der Waals surface area (Å²) in [5.74, 6) is 1.91. The average molecular weight is 368 g/mol. The quantitative estimate of drug-likeness (QED) is 0.694. The number of ether oxygens (including phenoxy) is 2. The third-order valence-electron chi connectivity index (χ3n) is 4.18. The molecule has 0 bridgehead atoms. The van der Waals surface area contributed by atoms with Gasteiger partial charge in [-0.1, -0.05) is 12.1 Å².